The highest BCUT2D eigenvalue weighted by atomic mass is 32.1. The molecule has 2 aromatic rings. The zero-order chi connectivity index (χ0) is 22.5. The van der Waals surface area contributed by atoms with Crippen molar-refractivity contribution in [2.45, 2.75) is 38.3 Å². The third kappa shape index (κ3) is 5.26. The van der Waals surface area contributed by atoms with Crippen LogP contribution >= 0.6 is 11.5 Å². The first-order valence-corrected chi connectivity index (χ1v) is 10.6. The van der Waals surface area contributed by atoms with Crippen LogP contribution in [0.2, 0.25) is 0 Å². The number of hydrogen-bond donors (Lipinski definition) is 3. The van der Waals surface area contributed by atoms with Gasteiger partial charge in [0, 0.05) is 38.8 Å². The Morgan fingerprint density at radius 1 is 1.32 bits per heavy atom. The fourth-order valence-electron chi connectivity index (χ4n) is 3.54. The Morgan fingerprint density at radius 2 is 2.10 bits per heavy atom. The van der Waals surface area contributed by atoms with Crippen molar-refractivity contribution in [3.05, 3.63) is 34.6 Å². The Labute approximate surface area is 183 Å². The first-order chi connectivity index (χ1) is 14.8. The molecule has 12 heteroatoms. The molecule has 1 fully saturated rings. The van der Waals surface area contributed by atoms with E-state index in [-0.39, 0.29) is 37.2 Å². The van der Waals surface area contributed by atoms with Crippen molar-refractivity contribution in [2.75, 3.05) is 13.1 Å². The number of primary amides is 1. The minimum Gasteiger partial charge on any atom is -0.370 e. The van der Waals surface area contributed by atoms with Crippen molar-refractivity contribution in [2.24, 2.45) is 12.8 Å². The Bertz CT molecular complexity index is 986. The van der Waals surface area contributed by atoms with Crippen molar-refractivity contribution < 1.29 is 19.2 Å². The van der Waals surface area contributed by atoms with E-state index in [1.54, 1.807) is 36.9 Å². The second-order valence-electron chi connectivity index (χ2n) is 7.41. The number of carbonyl (C=O) groups is 4. The van der Waals surface area contributed by atoms with Crippen molar-refractivity contribution in [1.29, 1.82) is 0 Å². The summed E-state index contributed by atoms with van der Waals surface area (Å²) in [6.07, 6.45) is 2.50. The van der Waals surface area contributed by atoms with Gasteiger partial charge in [-0.1, -0.05) is 4.49 Å². The Hall–Kier alpha value is -3.28. The molecule has 0 aromatic carbocycles. The molecule has 0 bridgehead atoms. The smallest absolute Gasteiger partial charge is 0.271 e. The fourth-order valence-corrected chi connectivity index (χ4v) is 4.10. The molecule has 0 radical (unpaired) electrons. The summed E-state index contributed by atoms with van der Waals surface area (Å²) in [5.41, 5.74) is 6.14. The van der Waals surface area contributed by atoms with Crippen molar-refractivity contribution in [3.63, 3.8) is 0 Å². The predicted molar refractivity (Wildman–Crippen MR) is 112 cm³/mol. The molecule has 0 saturated carbocycles. The molecule has 0 aliphatic carbocycles. The van der Waals surface area contributed by atoms with Crippen molar-refractivity contribution in [1.82, 2.24) is 29.7 Å². The maximum Gasteiger partial charge on any atom is 0.271 e. The lowest BCUT2D eigenvalue weighted by molar-refractivity contribution is -0.127. The van der Waals surface area contributed by atoms with Gasteiger partial charge in [0.05, 0.1) is 5.69 Å². The highest BCUT2D eigenvalue weighted by Crippen LogP contribution is 2.22. The summed E-state index contributed by atoms with van der Waals surface area (Å²) in [6, 6.07) is 2.35. The van der Waals surface area contributed by atoms with Crippen LogP contribution in [-0.4, -0.2) is 67.9 Å². The number of rotatable bonds is 7. The second-order valence-corrected chi connectivity index (χ2v) is 8.16. The number of hydrogen-bond acceptors (Lipinski definition) is 7. The van der Waals surface area contributed by atoms with Crippen LogP contribution in [0.3, 0.4) is 0 Å². The number of nitrogens with one attached hydrogen (secondary N) is 2. The first kappa shape index (κ1) is 22.4. The maximum absolute atomic E-state index is 13.1. The van der Waals surface area contributed by atoms with Crippen LogP contribution in [0.1, 0.15) is 45.1 Å². The summed E-state index contributed by atoms with van der Waals surface area (Å²) in [6.45, 7) is 2.08. The van der Waals surface area contributed by atoms with E-state index in [1.807, 2.05) is 0 Å². The lowest BCUT2D eigenvalue weighted by Gasteiger charge is -2.38. The van der Waals surface area contributed by atoms with E-state index in [1.165, 1.54) is 4.90 Å². The van der Waals surface area contributed by atoms with Gasteiger partial charge >= 0.3 is 0 Å². The Balaban J connectivity index is 1.74. The molecule has 1 aliphatic rings. The quantitative estimate of drug-likeness (QED) is 0.524. The normalized spacial score (nSPS) is 18.5. The number of amides is 4. The molecular weight excluding hydrogens is 422 g/mol. The predicted octanol–water partition coefficient (Wildman–Crippen LogP) is -0.420. The molecule has 0 spiro atoms. The zero-order valence-corrected chi connectivity index (χ0v) is 18.1. The molecule has 1 saturated heterocycles. The number of nitrogens with zero attached hydrogens (tertiary/aromatic N) is 4. The molecule has 11 nitrogen and oxygen atoms in total. The SMILES string of the molecule is Cc1nnsc1C(=O)N[C@H]1CCN(C(=O)c2cccn2C)[C@H](C(=O)NCCC(N)=O)C1. The minimum absolute atomic E-state index is 0.00202. The Kier molecular flexibility index (Phi) is 7.00. The standard InChI is InChI=1S/C19H25N7O4S/c1-11-16(31-24-23-11)18(29)22-12-6-9-26(19(30)13-4-3-8-25(13)2)14(10-12)17(28)21-7-5-15(20)27/h3-4,8,12,14H,5-7,9-10H2,1-2H3,(H2,20,27)(H,21,28)(H,22,29)/t12-,14-/m0/s1. The largest absolute Gasteiger partial charge is 0.370 e. The van der Waals surface area contributed by atoms with Gasteiger partial charge in [-0.15, -0.1) is 5.10 Å². The monoisotopic (exact) mass is 447 g/mol. The Morgan fingerprint density at radius 3 is 2.71 bits per heavy atom. The fraction of sp³-hybridized carbons (Fsp3) is 0.474. The molecule has 4 amide bonds. The highest BCUT2D eigenvalue weighted by molar-refractivity contribution is 7.08. The molecule has 166 valence electrons. The molecule has 3 heterocycles. The summed E-state index contributed by atoms with van der Waals surface area (Å²) >= 11 is 1.01. The molecule has 1 aliphatic heterocycles. The van der Waals surface area contributed by atoms with E-state index in [0.717, 1.165) is 11.5 Å². The van der Waals surface area contributed by atoms with Gasteiger partial charge in [0.2, 0.25) is 11.8 Å². The number of nitrogens with two attached hydrogens (primary N) is 1. The van der Waals surface area contributed by atoms with Gasteiger partial charge in [-0.25, -0.2) is 0 Å². The van der Waals surface area contributed by atoms with Crippen LogP contribution in [0.15, 0.2) is 18.3 Å². The molecular formula is C19H25N7O4S. The minimum atomic E-state index is -0.796. The van der Waals surface area contributed by atoms with Crippen LogP contribution in [0.5, 0.6) is 0 Å². The average molecular weight is 448 g/mol. The number of likely N-dealkylation sites (tertiary alicyclic amines) is 1. The summed E-state index contributed by atoms with van der Waals surface area (Å²) in [5.74, 6) is -1.49. The van der Waals surface area contributed by atoms with Gasteiger partial charge in [-0.2, -0.15) is 0 Å². The van der Waals surface area contributed by atoms with E-state index in [4.69, 9.17) is 5.73 Å². The van der Waals surface area contributed by atoms with E-state index < -0.39 is 17.9 Å². The molecule has 2 atom stereocenters. The lowest BCUT2D eigenvalue weighted by atomic mass is 9.95. The number of carbonyl (C=O) groups excluding carboxylic acids is 4. The summed E-state index contributed by atoms with van der Waals surface area (Å²) in [4.78, 5) is 51.4. The van der Waals surface area contributed by atoms with Crippen LogP contribution in [0, 0.1) is 6.92 Å². The third-order valence-electron chi connectivity index (χ3n) is 5.19. The summed E-state index contributed by atoms with van der Waals surface area (Å²) < 4.78 is 5.47. The summed E-state index contributed by atoms with van der Waals surface area (Å²) in [5, 5.41) is 9.43. The van der Waals surface area contributed by atoms with Crippen LogP contribution in [0.25, 0.3) is 0 Å². The van der Waals surface area contributed by atoms with Crippen LogP contribution in [0.4, 0.5) is 0 Å². The third-order valence-corrected chi connectivity index (χ3v) is 6.02. The van der Waals surface area contributed by atoms with Gasteiger partial charge in [0.25, 0.3) is 11.8 Å². The van der Waals surface area contributed by atoms with Gasteiger partial charge in [-0.3, -0.25) is 19.2 Å². The van der Waals surface area contributed by atoms with E-state index in [0.29, 0.717) is 29.2 Å². The number of aromatic nitrogens is 3. The first-order valence-electron chi connectivity index (χ1n) is 9.86. The highest BCUT2D eigenvalue weighted by Gasteiger charge is 2.38. The van der Waals surface area contributed by atoms with E-state index in [9.17, 15) is 19.2 Å². The number of piperidine rings is 1. The maximum atomic E-state index is 13.1. The molecule has 0 unspecified atom stereocenters. The average Bonchev–Trinajstić information content (AvgIpc) is 3.35. The lowest BCUT2D eigenvalue weighted by Crippen LogP contribution is -2.57. The molecule has 3 rings (SSSR count). The number of aryl methyl sites for hydroxylation is 2. The van der Waals surface area contributed by atoms with Gasteiger partial charge in [0.1, 0.15) is 16.6 Å². The van der Waals surface area contributed by atoms with Crippen molar-refractivity contribution >= 4 is 35.2 Å². The van der Waals surface area contributed by atoms with Crippen LogP contribution < -0.4 is 16.4 Å². The second kappa shape index (κ2) is 9.69. The molecule has 4 N–H and O–H groups in total. The van der Waals surface area contributed by atoms with Gasteiger partial charge < -0.3 is 25.8 Å². The zero-order valence-electron chi connectivity index (χ0n) is 17.3. The van der Waals surface area contributed by atoms with Gasteiger partial charge in [0.15, 0.2) is 0 Å². The van der Waals surface area contributed by atoms with Crippen LogP contribution in [-0.2, 0) is 16.6 Å². The molecule has 2 aromatic heterocycles. The van der Waals surface area contributed by atoms with E-state index in [2.05, 4.69) is 20.2 Å². The van der Waals surface area contributed by atoms with Gasteiger partial charge in [-0.05, 0) is 43.4 Å². The topological polar surface area (TPSA) is 152 Å². The van der Waals surface area contributed by atoms with E-state index >= 15 is 0 Å². The summed E-state index contributed by atoms with van der Waals surface area (Å²) in [7, 11) is 1.76. The molecule has 31 heavy (non-hydrogen) atoms. The van der Waals surface area contributed by atoms with Crippen molar-refractivity contribution in [3.8, 4) is 0 Å².